The third kappa shape index (κ3) is 4.19. The van der Waals surface area contributed by atoms with E-state index in [0.29, 0.717) is 18.8 Å². The zero-order valence-corrected chi connectivity index (χ0v) is 16.2. The van der Waals surface area contributed by atoms with Crippen molar-refractivity contribution in [2.24, 2.45) is 5.92 Å². The third-order valence-corrected chi connectivity index (χ3v) is 6.56. The highest BCUT2D eigenvalue weighted by Gasteiger charge is 2.22. The molecule has 1 aliphatic rings. The molecule has 0 spiro atoms. The van der Waals surface area contributed by atoms with Gasteiger partial charge in [-0.2, -0.15) is 0 Å². The van der Waals surface area contributed by atoms with E-state index in [0.717, 1.165) is 30.2 Å². The predicted molar refractivity (Wildman–Crippen MR) is 100 cm³/mol. The molecule has 2 aromatic carbocycles. The second kappa shape index (κ2) is 6.92. The largest absolute Gasteiger partial charge is 0.493 e. The highest BCUT2D eigenvalue weighted by atomic mass is 32.2. The van der Waals surface area contributed by atoms with Crippen LogP contribution < -0.4 is 10.1 Å². The number of nitrogens with one attached hydrogen (secondary N) is 1. The SMILES string of the molecule is CS(=O)(=O)c1ccc(NC[C@H]2COc3ccccc3C2)c(S(C)(=O)=O)c1. The second-order valence-electron chi connectivity index (χ2n) is 6.57. The van der Waals surface area contributed by atoms with Crippen molar-refractivity contribution in [2.45, 2.75) is 16.2 Å². The van der Waals surface area contributed by atoms with Crippen LogP contribution in [0.4, 0.5) is 5.69 Å². The summed E-state index contributed by atoms with van der Waals surface area (Å²) in [5.74, 6) is 1.07. The first-order valence-corrected chi connectivity index (χ1v) is 11.9. The monoisotopic (exact) mass is 395 g/mol. The Morgan fingerprint density at radius 2 is 1.77 bits per heavy atom. The number of benzene rings is 2. The summed E-state index contributed by atoms with van der Waals surface area (Å²) in [6.07, 6.45) is 2.96. The molecule has 140 valence electrons. The topological polar surface area (TPSA) is 89.5 Å². The Morgan fingerprint density at radius 3 is 2.46 bits per heavy atom. The molecule has 2 aromatic rings. The van der Waals surface area contributed by atoms with Crippen molar-refractivity contribution in [3.05, 3.63) is 48.0 Å². The number of anilines is 1. The van der Waals surface area contributed by atoms with Crippen molar-refractivity contribution in [1.82, 2.24) is 0 Å². The molecule has 1 heterocycles. The van der Waals surface area contributed by atoms with Crippen LogP contribution in [0.15, 0.2) is 52.3 Å². The number of fused-ring (bicyclic) bond motifs is 1. The van der Waals surface area contributed by atoms with Crippen LogP contribution in [0.3, 0.4) is 0 Å². The Morgan fingerprint density at radius 1 is 1.04 bits per heavy atom. The van der Waals surface area contributed by atoms with E-state index < -0.39 is 19.7 Å². The Labute approximate surface area is 154 Å². The van der Waals surface area contributed by atoms with E-state index in [2.05, 4.69) is 5.32 Å². The predicted octanol–water partition coefficient (Wildman–Crippen LogP) is 2.16. The smallest absolute Gasteiger partial charge is 0.177 e. The Balaban J connectivity index is 1.80. The van der Waals surface area contributed by atoms with Crippen LogP contribution in [0, 0.1) is 5.92 Å². The van der Waals surface area contributed by atoms with Gasteiger partial charge < -0.3 is 10.1 Å². The third-order valence-electron chi connectivity index (χ3n) is 4.32. The van der Waals surface area contributed by atoms with Gasteiger partial charge in [0, 0.05) is 25.0 Å². The van der Waals surface area contributed by atoms with Crippen LogP contribution in [0.2, 0.25) is 0 Å². The van der Waals surface area contributed by atoms with E-state index >= 15 is 0 Å². The van der Waals surface area contributed by atoms with Gasteiger partial charge in [-0.05, 0) is 36.2 Å². The molecule has 1 atom stereocenters. The summed E-state index contributed by atoms with van der Waals surface area (Å²) >= 11 is 0. The maximum Gasteiger partial charge on any atom is 0.177 e. The van der Waals surface area contributed by atoms with Crippen molar-refractivity contribution in [3.63, 3.8) is 0 Å². The van der Waals surface area contributed by atoms with Crippen LogP contribution in [-0.2, 0) is 26.1 Å². The number of sulfone groups is 2. The standard InChI is InChI=1S/C18H21NO5S2/c1-25(20,21)15-7-8-16(18(10-15)26(2,22)23)19-11-13-9-14-5-3-4-6-17(14)24-12-13/h3-8,10,13,19H,9,11-12H2,1-2H3/t13-/m0/s1. The minimum Gasteiger partial charge on any atom is -0.493 e. The molecule has 0 radical (unpaired) electrons. The van der Waals surface area contributed by atoms with Crippen LogP contribution in [0.25, 0.3) is 0 Å². The van der Waals surface area contributed by atoms with Gasteiger partial charge >= 0.3 is 0 Å². The van der Waals surface area contributed by atoms with Gasteiger partial charge in [-0.3, -0.25) is 0 Å². The van der Waals surface area contributed by atoms with Crippen LogP contribution >= 0.6 is 0 Å². The molecule has 1 N–H and O–H groups in total. The highest BCUT2D eigenvalue weighted by molar-refractivity contribution is 7.91. The lowest BCUT2D eigenvalue weighted by Crippen LogP contribution is -2.27. The first kappa shape index (κ1) is 18.7. The van der Waals surface area contributed by atoms with E-state index in [1.54, 1.807) is 0 Å². The fourth-order valence-electron chi connectivity index (χ4n) is 2.96. The number of ether oxygens (including phenoxy) is 1. The average Bonchev–Trinajstić information content (AvgIpc) is 2.58. The van der Waals surface area contributed by atoms with E-state index in [-0.39, 0.29) is 15.7 Å². The average molecular weight is 396 g/mol. The number of para-hydroxylation sites is 1. The molecule has 0 bridgehead atoms. The molecule has 1 aliphatic heterocycles. The maximum absolute atomic E-state index is 12.1. The minimum atomic E-state index is -3.58. The quantitative estimate of drug-likeness (QED) is 0.834. The molecular formula is C18H21NO5S2. The summed E-state index contributed by atoms with van der Waals surface area (Å²) in [5.41, 5.74) is 1.53. The van der Waals surface area contributed by atoms with E-state index in [1.165, 1.54) is 18.2 Å². The number of hydrogen-bond acceptors (Lipinski definition) is 6. The van der Waals surface area contributed by atoms with Gasteiger partial charge in [0.15, 0.2) is 19.7 Å². The van der Waals surface area contributed by atoms with E-state index in [1.807, 2.05) is 24.3 Å². The van der Waals surface area contributed by atoms with E-state index in [9.17, 15) is 16.8 Å². The molecular weight excluding hydrogens is 374 g/mol. The van der Waals surface area contributed by atoms with Gasteiger partial charge in [-0.1, -0.05) is 18.2 Å². The molecule has 3 rings (SSSR count). The van der Waals surface area contributed by atoms with Gasteiger partial charge in [-0.15, -0.1) is 0 Å². The Kier molecular flexibility index (Phi) is 4.98. The lowest BCUT2D eigenvalue weighted by Gasteiger charge is -2.26. The molecule has 0 unspecified atom stereocenters. The van der Waals surface area contributed by atoms with Gasteiger partial charge in [0.05, 0.1) is 22.1 Å². The Bertz CT molecular complexity index is 1030. The van der Waals surface area contributed by atoms with Crippen molar-refractivity contribution in [2.75, 3.05) is 31.0 Å². The fourth-order valence-corrected chi connectivity index (χ4v) is 4.56. The molecule has 0 amide bonds. The molecule has 0 saturated heterocycles. The summed E-state index contributed by atoms with van der Waals surface area (Å²) in [6.45, 7) is 1.06. The lowest BCUT2D eigenvalue weighted by molar-refractivity contribution is 0.229. The number of hydrogen-bond donors (Lipinski definition) is 1. The summed E-state index contributed by atoms with van der Waals surface area (Å²) in [4.78, 5) is -0.0315. The normalized spacial score (nSPS) is 17.2. The zero-order chi connectivity index (χ0) is 18.9. The molecule has 6 nitrogen and oxygen atoms in total. The molecule has 26 heavy (non-hydrogen) atoms. The second-order valence-corrected chi connectivity index (χ2v) is 10.6. The molecule has 0 saturated carbocycles. The van der Waals surface area contributed by atoms with Crippen molar-refractivity contribution < 1.29 is 21.6 Å². The first-order chi connectivity index (χ1) is 12.1. The van der Waals surface area contributed by atoms with E-state index in [4.69, 9.17) is 4.74 Å². The lowest BCUT2D eigenvalue weighted by atomic mass is 9.97. The van der Waals surface area contributed by atoms with Gasteiger partial charge in [-0.25, -0.2) is 16.8 Å². The maximum atomic E-state index is 12.1. The molecule has 0 aromatic heterocycles. The van der Waals surface area contributed by atoms with Crippen molar-refractivity contribution >= 4 is 25.4 Å². The van der Waals surface area contributed by atoms with Crippen LogP contribution in [0.1, 0.15) is 5.56 Å². The van der Waals surface area contributed by atoms with Crippen LogP contribution in [0.5, 0.6) is 5.75 Å². The molecule has 8 heteroatoms. The number of rotatable bonds is 5. The summed E-state index contributed by atoms with van der Waals surface area (Å²) in [5, 5.41) is 3.15. The summed E-state index contributed by atoms with van der Waals surface area (Å²) in [6, 6.07) is 12.0. The van der Waals surface area contributed by atoms with Crippen molar-refractivity contribution in [1.29, 1.82) is 0 Å². The van der Waals surface area contributed by atoms with Crippen molar-refractivity contribution in [3.8, 4) is 5.75 Å². The summed E-state index contributed by atoms with van der Waals surface area (Å²) < 4.78 is 53.4. The fraction of sp³-hybridized carbons (Fsp3) is 0.333. The summed E-state index contributed by atoms with van der Waals surface area (Å²) in [7, 11) is -7.06. The molecule has 0 aliphatic carbocycles. The highest BCUT2D eigenvalue weighted by Crippen LogP contribution is 2.29. The van der Waals surface area contributed by atoms with Gasteiger partial charge in [0.1, 0.15) is 5.75 Å². The Hall–Kier alpha value is -2.06. The zero-order valence-electron chi connectivity index (χ0n) is 14.6. The molecule has 0 fully saturated rings. The minimum absolute atomic E-state index is 0.0154. The first-order valence-electron chi connectivity index (χ1n) is 8.13. The van der Waals surface area contributed by atoms with Gasteiger partial charge in [0.2, 0.25) is 0 Å². The van der Waals surface area contributed by atoms with Gasteiger partial charge in [0.25, 0.3) is 0 Å². The van der Waals surface area contributed by atoms with Crippen LogP contribution in [-0.4, -0.2) is 42.5 Å².